The maximum absolute atomic E-state index is 12.8. The van der Waals surface area contributed by atoms with Gasteiger partial charge in [-0.2, -0.15) is 38.1 Å². The maximum Gasteiger partial charge on any atom is 0.451 e. The highest BCUT2D eigenvalue weighted by Crippen LogP contribution is 2.36. The summed E-state index contributed by atoms with van der Waals surface area (Å²) >= 11 is 0. The smallest absolute Gasteiger partial charge is 0.383 e. The molecule has 0 bridgehead atoms. The number of halogens is 3. The van der Waals surface area contributed by atoms with Gasteiger partial charge in [0.05, 0.1) is 155 Å². The van der Waals surface area contributed by atoms with Crippen molar-refractivity contribution in [2.24, 2.45) is 0 Å². The topological polar surface area (TPSA) is 401 Å². The number of nitrogens with one attached hydrogen (secondary N) is 9. The summed E-state index contributed by atoms with van der Waals surface area (Å²) in [6, 6.07) is 16.1. The number of carbonyl (C=O) groups is 2. The Labute approximate surface area is 866 Å². The minimum absolute atomic E-state index is 0.00591. The quantitative estimate of drug-likeness (QED) is 0.0231. The lowest BCUT2D eigenvalue weighted by Gasteiger charge is -2.39. The molecule has 9 aliphatic heterocycles. The number of likely N-dealkylation sites (N-methyl/N-ethyl adjacent to an activating group) is 1. The Bertz CT molecular complexity index is 5230. The van der Waals surface area contributed by atoms with Crippen LogP contribution in [-0.2, 0) is 82.1 Å². The second-order valence-corrected chi connectivity index (χ2v) is 46.5. The van der Waals surface area contributed by atoms with Crippen molar-refractivity contribution in [2.75, 3.05) is 261 Å². The highest BCUT2D eigenvalue weighted by atomic mass is 19.4. The van der Waals surface area contributed by atoms with Gasteiger partial charge < -0.3 is 111 Å². The van der Waals surface area contributed by atoms with E-state index < -0.39 is 17.4 Å². The van der Waals surface area contributed by atoms with Crippen molar-refractivity contribution in [3.63, 3.8) is 0 Å². The molecule has 9 aliphatic rings. The van der Waals surface area contributed by atoms with E-state index in [9.17, 15) is 22.8 Å². The third kappa shape index (κ3) is 36.2. The SMILES string of the molecule is CC(=O)N1CC(Nc2cc(C(C)(C)C)nc(C(C)C)n2)C1.CC(C)(C)c1cc(NC2CNC2)nc(C(F)(F)F)n1.CC(C)(C)c1cc(NC2COC2)nc(N2CCNCC2)n1.CCC(=O)N1CCN(c2nc(NC3COC3)cc(C(C)(C)C)n2)CC1.CCCN(C)c1nc(NC2COC2)cc(C(C)(C)C)n1.CCN(C)c1nc(NC2COC2)cc(C(C)(C)C)n1.COCCN(C)c1nc(NC2COC2)cc(C(C)(C)C)n1. The summed E-state index contributed by atoms with van der Waals surface area (Å²) in [4.78, 5) is 101. The third-order valence-corrected chi connectivity index (χ3v) is 25.3. The largest absolute Gasteiger partial charge is 0.451 e. The van der Waals surface area contributed by atoms with Gasteiger partial charge in [-0.1, -0.05) is 173 Å². The van der Waals surface area contributed by atoms with Crippen molar-refractivity contribution in [1.29, 1.82) is 0 Å². The molecule has 7 aromatic heterocycles. The van der Waals surface area contributed by atoms with Gasteiger partial charge in [-0.05, 0) is 13.3 Å². The molecule has 0 unspecified atom stereocenters. The molecule has 0 saturated carbocycles. The summed E-state index contributed by atoms with van der Waals surface area (Å²) in [7, 11) is 7.74. The Morgan fingerprint density at radius 1 is 0.390 bits per heavy atom. The number of rotatable bonds is 27. The summed E-state index contributed by atoms with van der Waals surface area (Å²) in [6.45, 7) is 77.1. The molecule has 2 amide bonds. The summed E-state index contributed by atoms with van der Waals surface area (Å²) in [6.07, 6.45) is -2.89. The standard InChI is InChI=1S/C18H29N5O2.C16H26N4O.C15H25N5O.C15H26N4O2.C15H26N4O.C14H24N4O.C12H17F3N4/c1-5-16(24)22-6-8-23(9-7-22)17-20-14(18(2,3)4)10-15(21-17)19-13-11-25-12-13;1-10(2)15-18-13(16(4,5)6)7-14(19-15)17-12-8-20(9-12)11(3)21;1-15(2,3)12-8-13(17-11-9-21-10-11)19-14(18-12)20-6-4-16-5-7-20;1-15(2,3)12-8-13(16-11-9-21-10-11)18-14(17-12)19(4)6-7-20-5;1-6-7-19(5)14-17-12(15(2,3)4)8-13(18-14)16-11-9-20-10-11;1-6-18(5)13-16-11(14(2,3)4)7-12(17-13)15-10-8-19-9-10;1-11(2,3)8-4-9(17-7-5-16-6-7)19-10(18-8)12(13,14)15/h10,13H,5-9,11-12H2,1-4H3,(H,19,20,21);7,10,12H,8-9H2,1-6H3,(H,17,18,19);8,11,16H,4-7,9-10H2,1-3H3,(H,17,18,19);8,11H,6-7,9-10H2,1-5H3,(H,16,17,18);8,11H,6-7,9-10H2,1-5H3,(H,16,17,18);7,10H,6,8-9H2,1-5H3,(H,15,16,17);4,7,16H,5-6H2,1-3H3,(H,17,18,19). The summed E-state index contributed by atoms with van der Waals surface area (Å²) in [5.74, 6) is 9.84. The van der Waals surface area contributed by atoms with Crippen LogP contribution in [0.25, 0.3) is 0 Å². The molecule has 9 fully saturated rings. The van der Waals surface area contributed by atoms with E-state index >= 15 is 0 Å². The number of methoxy groups -OCH3 is 1. The van der Waals surface area contributed by atoms with Crippen molar-refractivity contribution < 1.29 is 51.2 Å². The first-order valence-corrected chi connectivity index (χ1v) is 52.1. The van der Waals surface area contributed by atoms with Crippen LogP contribution in [0.15, 0.2) is 42.5 Å². The van der Waals surface area contributed by atoms with E-state index in [2.05, 4.69) is 272 Å². The Hall–Kier alpha value is -10.4. The first kappa shape index (κ1) is 117. The summed E-state index contributed by atoms with van der Waals surface area (Å²) in [5.41, 5.74) is 6.17. The van der Waals surface area contributed by atoms with Gasteiger partial charge in [-0.15, -0.1) is 0 Å². The van der Waals surface area contributed by atoms with E-state index in [1.54, 1.807) is 20.1 Å². The van der Waals surface area contributed by atoms with E-state index in [1.165, 1.54) is 0 Å². The third-order valence-electron chi connectivity index (χ3n) is 25.3. The van der Waals surface area contributed by atoms with Crippen LogP contribution in [0, 0.1) is 0 Å². The highest BCUT2D eigenvalue weighted by molar-refractivity contribution is 5.76. The number of aromatic nitrogens is 14. The summed E-state index contributed by atoms with van der Waals surface area (Å²) in [5, 5.41) is 30.0. The normalized spacial score (nSPS) is 17.2. The molecule has 812 valence electrons. The van der Waals surface area contributed by atoms with Crippen LogP contribution in [0.4, 0.5) is 83.6 Å². The zero-order valence-corrected chi connectivity index (χ0v) is 93.3. The number of nitrogens with zero attached hydrogens (tertiary/aromatic N) is 21. The molecule has 9 saturated heterocycles. The highest BCUT2D eigenvalue weighted by Gasteiger charge is 2.39. The molecule has 7 aromatic rings. The van der Waals surface area contributed by atoms with Crippen LogP contribution in [-0.4, -0.2) is 333 Å². The maximum atomic E-state index is 12.8. The molecule has 41 heteroatoms. The number of piperazine rings is 2. The molecule has 146 heavy (non-hydrogen) atoms. The fourth-order valence-electron chi connectivity index (χ4n) is 14.9. The van der Waals surface area contributed by atoms with Crippen molar-refractivity contribution in [3.8, 4) is 0 Å². The van der Waals surface area contributed by atoms with E-state index in [0.29, 0.717) is 54.8 Å². The number of hydrogen-bond acceptors (Lipinski definition) is 36. The van der Waals surface area contributed by atoms with Crippen LogP contribution in [0.3, 0.4) is 0 Å². The predicted molar refractivity (Wildman–Crippen MR) is 577 cm³/mol. The molecular weight excluding hydrogens is 1870 g/mol. The molecule has 0 atom stereocenters. The second kappa shape index (κ2) is 51.7. The Morgan fingerprint density at radius 3 is 1.01 bits per heavy atom. The monoisotopic (exact) mass is 2040 g/mol. The molecular formula is C105H173F3N30O8. The van der Waals surface area contributed by atoms with E-state index in [-0.39, 0.29) is 62.2 Å². The number of ether oxygens (including phenoxy) is 6. The average Bonchev–Trinajstić information content (AvgIpc) is 0.798. The van der Waals surface area contributed by atoms with E-state index in [1.807, 2.05) is 87.8 Å². The minimum Gasteiger partial charge on any atom is -0.383 e. The molecule has 0 aromatic carbocycles. The second-order valence-electron chi connectivity index (χ2n) is 46.5. The van der Waals surface area contributed by atoms with Crippen LogP contribution in [0.2, 0.25) is 0 Å². The van der Waals surface area contributed by atoms with Gasteiger partial charge >= 0.3 is 6.18 Å². The van der Waals surface area contributed by atoms with Crippen LogP contribution < -0.4 is 72.4 Å². The lowest BCUT2D eigenvalue weighted by Crippen LogP contribution is -2.56. The summed E-state index contributed by atoms with van der Waals surface area (Å²) < 4.78 is 69.6. The van der Waals surface area contributed by atoms with Gasteiger partial charge in [-0.25, -0.2) is 44.9 Å². The van der Waals surface area contributed by atoms with Crippen LogP contribution in [0.1, 0.15) is 257 Å². The number of amides is 2. The molecule has 16 rings (SSSR count). The van der Waals surface area contributed by atoms with Gasteiger partial charge in [0.1, 0.15) is 46.5 Å². The molecule has 0 spiro atoms. The van der Waals surface area contributed by atoms with E-state index in [4.69, 9.17) is 58.3 Å². The fourth-order valence-corrected chi connectivity index (χ4v) is 14.9. The van der Waals surface area contributed by atoms with Gasteiger partial charge in [0.15, 0.2) is 0 Å². The number of likely N-dealkylation sites (tertiary alicyclic amines) is 1. The number of anilines is 12. The molecule has 16 heterocycles. The zero-order valence-electron chi connectivity index (χ0n) is 93.3. The average molecular weight is 2040 g/mol. The Kier molecular flexibility index (Phi) is 41.6. The van der Waals surface area contributed by atoms with Gasteiger partial charge in [0, 0.05) is 226 Å². The number of alkyl halides is 3. The minimum atomic E-state index is -4.53. The van der Waals surface area contributed by atoms with Gasteiger partial charge in [0.2, 0.25) is 47.4 Å². The first-order chi connectivity index (χ1) is 68.4. The number of carbonyl (C=O) groups excluding carboxylic acids is 2. The predicted octanol–water partition coefficient (Wildman–Crippen LogP) is 13.5. The fraction of sp³-hybridized carbons (Fsp3) is 0.714. The van der Waals surface area contributed by atoms with Crippen molar-refractivity contribution >= 4 is 82.3 Å². The zero-order chi connectivity index (χ0) is 107. The van der Waals surface area contributed by atoms with Crippen molar-refractivity contribution in [3.05, 3.63) is 94.0 Å². The van der Waals surface area contributed by atoms with Crippen molar-refractivity contribution in [1.82, 2.24) is 90.2 Å². The lowest BCUT2D eigenvalue weighted by molar-refractivity contribution is -0.145. The Balaban J connectivity index is 0.000000175. The van der Waals surface area contributed by atoms with Gasteiger partial charge in [0.25, 0.3) is 0 Å². The molecule has 0 radical (unpaired) electrons. The molecule has 9 N–H and O–H groups in total. The van der Waals surface area contributed by atoms with Crippen LogP contribution in [0.5, 0.6) is 0 Å². The van der Waals surface area contributed by atoms with Crippen molar-refractivity contribution in [2.45, 2.75) is 292 Å². The Morgan fingerprint density at radius 2 is 0.705 bits per heavy atom. The molecule has 38 nitrogen and oxygen atoms in total. The lowest BCUT2D eigenvalue weighted by atomic mass is 9.91. The van der Waals surface area contributed by atoms with Crippen LogP contribution >= 0.6 is 0 Å². The van der Waals surface area contributed by atoms with E-state index in [0.717, 1.165) is 275 Å². The van der Waals surface area contributed by atoms with Gasteiger partial charge in [-0.3, -0.25) is 9.59 Å². The number of hydrogen-bond donors (Lipinski definition) is 9. The molecule has 0 aliphatic carbocycles. The first-order valence-electron chi connectivity index (χ1n) is 52.1.